The van der Waals surface area contributed by atoms with Crippen molar-refractivity contribution in [2.24, 2.45) is 0 Å². The number of aromatic amines is 1. The van der Waals surface area contributed by atoms with Crippen molar-refractivity contribution < 1.29 is 0 Å². The second kappa shape index (κ2) is 6.37. The van der Waals surface area contributed by atoms with Gasteiger partial charge in [-0.25, -0.2) is 4.98 Å². The Morgan fingerprint density at radius 1 is 1.05 bits per heavy atom. The molecule has 0 bridgehead atoms. The summed E-state index contributed by atoms with van der Waals surface area (Å²) in [6, 6.07) is 11.4. The molecule has 0 fully saturated rings. The van der Waals surface area contributed by atoms with Gasteiger partial charge in [-0.05, 0) is 36.4 Å². The maximum absolute atomic E-state index is 5.85. The number of aromatic nitrogens is 4. The zero-order chi connectivity index (χ0) is 14.5. The van der Waals surface area contributed by atoms with E-state index < -0.39 is 0 Å². The van der Waals surface area contributed by atoms with Gasteiger partial charge in [-0.2, -0.15) is 5.10 Å². The summed E-state index contributed by atoms with van der Waals surface area (Å²) < 4.78 is 0. The van der Waals surface area contributed by atoms with Crippen LogP contribution in [0.1, 0.15) is 5.82 Å². The third-order valence-corrected chi connectivity index (χ3v) is 3.26. The van der Waals surface area contributed by atoms with E-state index in [-0.39, 0.29) is 0 Å². The lowest BCUT2D eigenvalue weighted by Crippen LogP contribution is -2.05. The molecule has 3 aromatic rings. The molecule has 6 heteroatoms. The molecular formula is C15H14ClN5. The molecule has 0 aliphatic rings. The number of anilines is 1. The van der Waals surface area contributed by atoms with Gasteiger partial charge in [0.1, 0.15) is 5.82 Å². The lowest BCUT2D eigenvalue weighted by molar-refractivity contribution is 0.901. The minimum atomic E-state index is 0.693. The maximum atomic E-state index is 5.85. The topological polar surface area (TPSA) is 66.5 Å². The minimum absolute atomic E-state index is 0.693. The van der Waals surface area contributed by atoms with Crippen LogP contribution in [0, 0.1) is 0 Å². The van der Waals surface area contributed by atoms with E-state index in [2.05, 4.69) is 25.5 Å². The molecule has 3 rings (SSSR count). The Kier molecular flexibility index (Phi) is 4.12. The number of hydrogen-bond acceptors (Lipinski definition) is 4. The van der Waals surface area contributed by atoms with Crippen LogP contribution in [0.15, 0.2) is 48.8 Å². The van der Waals surface area contributed by atoms with E-state index in [0.29, 0.717) is 5.82 Å². The second-order valence-corrected chi connectivity index (χ2v) is 4.96. The van der Waals surface area contributed by atoms with Gasteiger partial charge in [0.2, 0.25) is 0 Å². The Bertz CT molecular complexity index is 694. The molecule has 0 radical (unpaired) electrons. The zero-order valence-electron chi connectivity index (χ0n) is 11.3. The number of nitrogens with zero attached hydrogens (tertiary/aromatic N) is 3. The summed E-state index contributed by atoms with van der Waals surface area (Å²) in [6.07, 6.45) is 4.22. The van der Waals surface area contributed by atoms with Crippen molar-refractivity contribution in [3.8, 4) is 11.4 Å². The lowest BCUT2D eigenvalue weighted by Gasteiger charge is -2.04. The molecule has 0 spiro atoms. The van der Waals surface area contributed by atoms with Gasteiger partial charge in [-0.15, -0.1) is 0 Å². The maximum Gasteiger partial charge on any atom is 0.181 e. The van der Waals surface area contributed by atoms with E-state index in [1.165, 1.54) is 0 Å². The number of H-pyrrole nitrogens is 1. The monoisotopic (exact) mass is 299 g/mol. The molecule has 21 heavy (non-hydrogen) atoms. The molecular weight excluding hydrogens is 286 g/mol. The first-order valence-corrected chi connectivity index (χ1v) is 7.00. The number of benzene rings is 1. The molecule has 0 unspecified atom stereocenters. The minimum Gasteiger partial charge on any atom is -0.385 e. The predicted molar refractivity (Wildman–Crippen MR) is 83.3 cm³/mol. The summed E-state index contributed by atoms with van der Waals surface area (Å²) in [5.41, 5.74) is 1.99. The quantitative estimate of drug-likeness (QED) is 0.759. The molecule has 2 heterocycles. The van der Waals surface area contributed by atoms with Crippen LogP contribution in [0.4, 0.5) is 5.69 Å². The Morgan fingerprint density at radius 2 is 1.81 bits per heavy atom. The smallest absolute Gasteiger partial charge is 0.181 e. The van der Waals surface area contributed by atoms with Gasteiger partial charge in [0.25, 0.3) is 0 Å². The molecule has 0 atom stereocenters. The average molecular weight is 300 g/mol. The summed E-state index contributed by atoms with van der Waals surface area (Å²) in [7, 11) is 0. The highest BCUT2D eigenvalue weighted by atomic mass is 35.5. The van der Waals surface area contributed by atoms with Crippen molar-refractivity contribution in [3.05, 3.63) is 59.6 Å². The van der Waals surface area contributed by atoms with Gasteiger partial charge in [-0.1, -0.05) is 11.6 Å². The highest BCUT2D eigenvalue weighted by Gasteiger charge is 2.05. The van der Waals surface area contributed by atoms with Crippen LogP contribution in [0.25, 0.3) is 11.4 Å². The molecule has 2 aromatic heterocycles. The number of nitrogens with one attached hydrogen (secondary N) is 2. The van der Waals surface area contributed by atoms with E-state index in [4.69, 9.17) is 11.6 Å². The Labute approximate surface area is 127 Å². The molecule has 5 nitrogen and oxygen atoms in total. The third kappa shape index (κ3) is 3.58. The van der Waals surface area contributed by atoms with Gasteiger partial charge in [0, 0.05) is 41.6 Å². The van der Waals surface area contributed by atoms with Crippen molar-refractivity contribution >= 4 is 17.3 Å². The molecule has 0 amide bonds. The zero-order valence-corrected chi connectivity index (χ0v) is 12.0. The Morgan fingerprint density at radius 3 is 2.57 bits per heavy atom. The van der Waals surface area contributed by atoms with E-state index in [0.717, 1.165) is 35.1 Å². The molecule has 0 aliphatic heterocycles. The molecule has 0 aliphatic carbocycles. The predicted octanol–water partition coefficient (Wildman–Crippen LogP) is 3.17. The van der Waals surface area contributed by atoms with E-state index in [9.17, 15) is 0 Å². The van der Waals surface area contributed by atoms with Gasteiger partial charge in [0.15, 0.2) is 5.82 Å². The first-order valence-electron chi connectivity index (χ1n) is 6.62. The van der Waals surface area contributed by atoms with Crippen molar-refractivity contribution in [2.45, 2.75) is 6.42 Å². The standard InChI is InChI=1S/C15H14ClN5/c16-12-1-3-13(4-2-12)18-10-7-14-19-15(21-20-14)11-5-8-17-9-6-11/h1-6,8-9,18H,7,10H2,(H,19,20,21). The largest absolute Gasteiger partial charge is 0.385 e. The van der Waals surface area contributed by atoms with Crippen molar-refractivity contribution in [1.29, 1.82) is 0 Å². The normalized spacial score (nSPS) is 10.5. The van der Waals surface area contributed by atoms with Gasteiger partial charge >= 0.3 is 0 Å². The van der Waals surface area contributed by atoms with Gasteiger partial charge in [0.05, 0.1) is 0 Å². The molecule has 0 saturated carbocycles. The SMILES string of the molecule is Clc1ccc(NCCc2nc(-c3ccncc3)n[nH]2)cc1. The molecule has 106 valence electrons. The number of rotatable bonds is 5. The summed E-state index contributed by atoms with van der Waals surface area (Å²) in [4.78, 5) is 8.45. The van der Waals surface area contributed by atoms with E-state index in [1.807, 2.05) is 36.4 Å². The highest BCUT2D eigenvalue weighted by Crippen LogP contribution is 2.14. The fourth-order valence-corrected chi connectivity index (χ4v) is 2.06. The van der Waals surface area contributed by atoms with Crippen molar-refractivity contribution in [2.75, 3.05) is 11.9 Å². The summed E-state index contributed by atoms with van der Waals surface area (Å²) in [5.74, 6) is 1.54. The van der Waals surface area contributed by atoms with Crippen LogP contribution in [0.5, 0.6) is 0 Å². The summed E-state index contributed by atoms with van der Waals surface area (Å²) in [6.45, 7) is 0.770. The van der Waals surface area contributed by atoms with Gasteiger partial charge < -0.3 is 5.32 Å². The fourth-order valence-electron chi connectivity index (χ4n) is 1.93. The fraction of sp³-hybridized carbons (Fsp3) is 0.133. The lowest BCUT2D eigenvalue weighted by atomic mass is 10.2. The van der Waals surface area contributed by atoms with E-state index >= 15 is 0 Å². The Balaban J connectivity index is 1.57. The van der Waals surface area contributed by atoms with Crippen LogP contribution >= 0.6 is 11.6 Å². The average Bonchev–Trinajstić information content (AvgIpc) is 2.99. The Hall–Kier alpha value is -2.40. The van der Waals surface area contributed by atoms with Crippen LogP contribution in [-0.4, -0.2) is 26.7 Å². The third-order valence-electron chi connectivity index (χ3n) is 3.01. The van der Waals surface area contributed by atoms with Crippen LogP contribution in [0.2, 0.25) is 5.02 Å². The molecule has 2 N–H and O–H groups in total. The molecule has 1 aromatic carbocycles. The first-order chi connectivity index (χ1) is 10.3. The van der Waals surface area contributed by atoms with Crippen LogP contribution < -0.4 is 5.32 Å². The number of pyridine rings is 1. The molecule has 0 saturated heterocycles. The summed E-state index contributed by atoms with van der Waals surface area (Å²) in [5, 5.41) is 11.2. The highest BCUT2D eigenvalue weighted by molar-refractivity contribution is 6.30. The summed E-state index contributed by atoms with van der Waals surface area (Å²) >= 11 is 5.85. The first kappa shape index (κ1) is 13.6. The second-order valence-electron chi connectivity index (χ2n) is 4.53. The van der Waals surface area contributed by atoms with Crippen LogP contribution in [0.3, 0.4) is 0 Å². The van der Waals surface area contributed by atoms with Crippen molar-refractivity contribution in [1.82, 2.24) is 20.2 Å². The number of halogens is 1. The number of hydrogen-bond donors (Lipinski definition) is 2. The van der Waals surface area contributed by atoms with Crippen LogP contribution in [-0.2, 0) is 6.42 Å². The van der Waals surface area contributed by atoms with Gasteiger partial charge in [-0.3, -0.25) is 10.1 Å². The van der Waals surface area contributed by atoms with E-state index in [1.54, 1.807) is 12.4 Å². The van der Waals surface area contributed by atoms with Crippen molar-refractivity contribution in [3.63, 3.8) is 0 Å².